The summed E-state index contributed by atoms with van der Waals surface area (Å²) in [6.07, 6.45) is 4.29. The third-order valence-electron chi connectivity index (χ3n) is 8.03. The summed E-state index contributed by atoms with van der Waals surface area (Å²) in [7, 11) is -2.61. The Morgan fingerprint density at radius 1 is 1.00 bits per heavy atom. The largest absolute Gasteiger partial charge is 0.497 e. The molecule has 0 bridgehead atoms. The second-order valence-electron chi connectivity index (χ2n) is 11.0. The Hall–Kier alpha value is -3.56. The Bertz CT molecular complexity index is 1540. The normalized spacial score (nSPS) is 14.3. The molecule has 4 rings (SSSR count). The van der Waals surface area contributed by atoms with Crippen molar-refractivity contribution in [2.75, 3.05) is 18.0 Å². The zero-order chi connectivity index (χ0) is 31.1. The number of ether oxygens (including phenoxy) is 1. The molecule has 1 fully saturated rings. The molecule has 10 heteroatoms. The minimum atomic E-state index is -4.18. The monoisotopic (exact) mass is 625 g/mol. The van der Waals surface area contributed by atoms with Crippen LogP contribution < -0.4 is 14.4 Å². The van der Waals surface area contributed by atoms with Gasteiger partial charge >= 0.3 is 0 Å². The number of halogens is 1. The summed E-state index contributed by atoms with van der Waals surface area (Å²) in [4.78, 5) is 29.4. The van der Waals surface area contributed by atoms with Crippen molar-refractivity contribution in [2.45, 2.75) is 76.4 Å². The topological polar surface area (TPSA) is 96.0 Å². The highest BCUT2D eigenvalue weighted by molar-refractivity contribution is 7.92. The average molecular weight is 626 g/mol. The molecule has 0 aliphatic heterocycles. The van der Waals surface area contributed by atoms with Gasteiger partial charge in [-0.1, -0.05) is 49.6 Å². The molecule has 1 N–H and O–H groups in total. The van der Waals surface area contributed by atoms with Crippen LogP contribution in [0.1, 0.15) is 55.7 Å². The minimum absolute atomic E-state index is 0.00768. The zero-order valence-electron chi connectivity index (χ0n) is 25.2. The van der Waals surface area contributed by atoms with Crippen LogP contribution in [0.5, 0.6) is 5.75 Å². The summed E-state index contributed by atoms with van der Waals surface area (Å²) in [5.41, 5.74) is 3.00. The van der Waals surface area contributed by atoms with Crippen LogP contribution in [-0.2, 0) is 26.2 Å². The molecule has 1 aliphatic rings. The Morgan fingerprint density at radius 3 is 2.33 bits per heavy atom. The summed E-state index contributed by atoms with van der Waals surface area (Å²) in [6, 6.07) is 17.7. The first-order chi connectivity index (χ1) is 20.5. The molecule has 3 aromatic rings. The summed E-state index contributed by atoms with van der Waals surface area (Å²) < 4.78 is 34.6. The molecular weight excluding hydrogens is 586 g/mol. The Balaban J connectivity index is 1.74. The van der Waals surface area contributed by atoms with E-state index in [1.807, 2.05) is 45.0 Å². The van der Waals surface area contributed by atoms with E-state index >= 15 is 0 Å². The first kappa shape index (κ1) is 32.4. The second kappa shape index (κ2) is 14.3. The fourth-order valence-corrected chi connectivity index (χ4v) is 6.93. The van der Waals surface area contributed by atoms with Crippen LogP contribution in [0.2, 0.25) is 5.02 Å². The zero-order valence-corrected chi connectivity index (χ0v) is 26.7. The van der Waals surface area contributed by atoms with Crippen LogP contribution in [-0.4, -0.2) is 50.9 Å². The molecule has 0 radical (unpaired) electrons. The van der Waals surface area contributed by atoms with Gasteiger partial charge < -0.3 is 15.0 Å². The van der Waals surface area contributed by atoms with E-state index in [-0.39, 0.29) is 23.4 Å². The van der Waals surface area contributed by atoms with Gasteiger partial charge in [0.1, 0.15) is 18.3 Å². The lowest BCUT2D eigenvalue weighted by molar-refractivity contribution is -0.140. The third kappa shape index (κ3) is 7.89. The fraction of sp³-hybridized carbons (Fsp3) is 0.394. The number of methoxy groups -OCH3 is 1. The Kier molecular flexibility index (Phi) is 10.7. The maximum absolute atomic E-state index is 14.3. The standard InChI is InChI=1S/C33H40ClN3O5S/c1-5-31(33(39)35-27-10-6-7-11-27)36(21-25-9-8-12-29(20-25)42-4)32(38)22-37(28-16-13-23(2)24(3)19-28)43(40,41)30-17-14-26(34)15-18-30/h8-9,12-20,27,31H,5-7,10-11,21-22H2,1-4H3,(H,35,39)/t31-/m0/s1. The van der Waals surface area contributed by atoms with Crippen molar-refractivity contribution < 1.29 is 22.7 Å². The predicted octanol–water partition coefficient (Wildman–Crippen LogP) is 6.03. The van der Waals surface area contributed by atoms with Crippen LogP contribution in [0.4, 0.5) is 5.69 Å². The lowest BCUT2D eigenvalue weighted by Crippen LogP contribution is -2.53. The second-order valence-corrected chi connectivity index (χ2v) is 13.3. The quantitative estimate of drug-likeness (QED) is 0.265. The van der Waals surface area contributed by atoms with Gasteiger partial charge in [0, 0.05) is 17.6 Å². The number of carbonyl (C=O) groups excluding carboxylic acids is 2. The van der Waals surface area contributed by atoms with E-state index in [1.165, 1.54) is 29.2 Å². The van der Waals surface area contributed by atoms with E-state index in [0.29, 0.717) is 22.9 Å². The lowest BCUT2D eigenvalue weighted by Gasteiger charge is -2.34. The number of rotatable bonds is 12. The van der Waals surface area contributed by atoms with Gasteiger partial charge in [-0.2, -0.15) is 0 Å². The van der Waals surface area contributed by atoms with E-state index in [9.17, 15) is 18.0 Å². The number of amides is 2. The highest BCUT2D eigenvalue weighted by atomic mass is 35.5. The van der Waals surface area contributed by atoms with Gasteiger partial charge in [0.05, 0.1) is 17.7 Å². The highest BCUT2D eigenvalue weighted by Gasteiger charge is 2.34. The van der Waals surface area contributed by atoms with Gasteiger partial charge in [0.2, 0.25) is 11.8 Å². The number of benzene rings is 3. The Labute approximate surface area is 260 Å². The van der Waals surface area contributed by atoms with Gasteiger partial charge in [-0.05, 0) is 98.3 Å². The highest BCUT2D eigenvalue weighted by Crippen LogP contribution is 2.28. The van der Waals surface area contributed by atoms with Crippen LogP contribution >= 0.6 is 11.6 Å². The molecule has 43 heavy (non-hydrogen) atoms. The molecule has 0 unspecified atom stereocenters. The molecule has 1 saturated carbocycles. The smallest absolute Gasteiger partial charge is 0.264 e. The van der Waals surface area contributed by atoms with Crippen molar-refractivity contribution in [3.63, 3.8) is 0 Å². The lowest BCUT2D eigenvalue weighted by atomic mass is 10.1. The number of hydrogen-bond donors (Lipinski definition) is 1. The van der Waals surface area contributed by atoms with Crippen molar-refractivity contribution in [2.24, 2.45) is 0 Å². The molecule has 0 spiro atoms. The van der Waals surface area contributed by atoms with Crippen LogP contribution in [0.3, 0.4) is 0 Å². The number of anilines is 1. The van der Waals surface area contributed by atoms with Crippen LogP contribution in [0, 0.1) is 13.8 Å². The fourth-order valence-electron chi connectivity index (χ4n) is 5.40. The van der Waals surface area contributed by atoms with Crippen molar-refractivity contribution in [1.29, 1.82) is 0 Å². The van der Waals surface area contributed by atoms with Crippen molar-refractivity contribution in [3.05, 3.63) is 88.4 Å². The summed E-state index contributed by atoms with van der Waals surface area (Å²) in [5, 5.41) is 3.53. The maximum atomic E-state index is 14.3. The predicted molar refractivity (Wildman–Crippen MR) is 170 cm³/mol. The molecule has 0 aromatic heterocycles. The van der Waals surface area contributed by atoms with Gasteiger partial charge in [-0.15, -0.1) is 0 Å². The Morgan fingerprint density at radius 2 is 1.70 bits per heavy atom. The molecule has 1 aliphatic carbocycles. The third-order valence-corrected chi connectivity index (χ3v) is 10.1. The molecule has 230 valence electrons. The number of carbonyl (C=O) groups is 2. The van der Waals surface area contributed by atoms with Crippen LogP contribution in [0.15, 0.2) is 71.6 Å². The molecular formula is C33H40ClN3O5S. The summed E-state index contributed by atoms with van der Waals surface area (Å²) in [6.45, 7) is 5.30. The van der Waals surface area contributed by atoms with Crippen molar-refractivity contribution >= 4 is 39.1 Å². The van der Waals surface area contributed by atoms with Gasteiger partial charge in [0.15, 0.2) is 0 Å². The van der Waals surface area contributed by atoms with Crippen LogP contribution in [0.25, 0.3) is 0 Å². The summed E-state index contributed by atoms with van der Waals surface area (Å²) in [5.74, 6) is -0.105. The molecule has 0 heterocycles. The van der Waals surface area contributed by atoms with E-state index in [1.54, 1.807) is 25.3 Å². The van der Waals surface area contributed by atoms with E-state index in [2.05, 4.69) is 5.32 Å². The van der Waals surface area contributed by atoms with Gasteiger partial charge in [0.25, 0.3) is 10.0 Å². The molecule has 0 saturated heterocycles. The van der Waals surface area contributed by atoms with E-state index in [0.717, 1.165) is 46.7 Å². The van der Waals surface area contributed by atoms with Crippen molar-refractivity contribution in [3.8, 4) is 5.75 Å². The molecule has 8 nitrogen and oxygen atoms in total. The number of aryl methyl sites for hydroxylation is 2. The first-order valence-corrected chi connectivity index (χ1v) is 16.4. The van der Waals surface area contributed by atoms with Gasteiger partial charge in [-0.3, -0.25) is 13.9 Å². The maximum Gasteiger partial charge on any atom is 0.264 e. The average Bonchev–Trinajstić information content (AvgIpc) is 3.50. The van der Waals surface area contributed by atoms with E-state index < -0.39 is 28.5 Å². The number of sulfonamides is 1. The molecule has 1 atom stereocenters. The summed E-state index contributed by atoms with van der Waals surface area (Å²) >= 11 is 6.05. The number of nitrogens with zero attached hydrogens (tertiary/aromatic N) is 2. The van der Waals surface area contributed by atoms with Crippen molar-refractivity contribution in [1.82, 2.24) is 10.2 Å². The van der Waals surface area contributed by atoms with Gasteiger partial charge in [-0.25, -0.2) is 8.42 Å². The minimum Gasteiger partial charge on any atom is -0.497 e. The first-order valence-electron chi connectivity index (χ1n) is 14.6. The molecule has 3 aromatic carbocycles. The SMILES string of the molecule is CC[C@@H](C(=O)NC1CCCC1)N(Cc1cccc(OC)c1)C(=O)CN(c1ccc(C)c(C)c1)S(=O)(=O)c1ccc(Cl)cc1. The number of nitrogens with one attached hydrogen (secondary N) is 1. The molecule has 2 amide bonds. The van der Waals surface area contributed by atoms with E-state index in [4.69, 9.17) is 16.3 Å². The number of hydrogen-bond acceptors (Lipinski definition) is 5.